The smallest absolute Gasteiger partial charge is 0.326 e. The van der Waals surface area contributed by atoms with Crippen LogP contribution in [0.2, 0.25) is 0 Å². The number of phenols is 1. The first-order valence-corrected chi connectivity index (χ1v) is 9.56. The van der Waals surface area contributed by atoms with E-state index in [-0.39, 0.29) is 17.5 Å². The zero-order valence-corrected chi connectivity index (χ0v) is 15.2. The minimum atomic E-state index is -4.03. The van der Waals surface area contributed by atoms with E-state index in [0.29, 0.717) is 23.4 Å². The van der Waals surface area contributed by atoms with Crippen molar-refractivity contribution < 1.29 is 23.1 Å². The van der Waals surface area contributed by atoms with Crippen molar-refractivity contribution in [2.75, 3.05) is 22.7 Å². The lowest BCUT2D eigenvalue weighted by Crippen LogP contribution is -2.29. The van der Waals surface area contributed by atoms with E-state index < -0.39 is 22.7 Å². The number of hydrogen-bond donors (Lipinski definition) is 4. The number of aromatic hydroxyl groups is 1. The molecule has 1 aliphatic rings. The molecule has 3 amide bonds. The van der Waals surface area contributed by atoms with Crippen LogP contribution in [0.15, 0.2) is 42.5 Å². The van der Waals surface area contributed by atoms with Crippen LogP contribution in [0.25, 0.3) is 11.1 Å². The van der Waals surface area contributed by atoms with E-state index in [1.807, 2.05) is 4.72 Å². The third-order valence-electron chi connectivity index (χ3n) is 3.86. The molecular formula is C17H18N4O5S. The van der Waals surface area contributed by atoms with Crippen molar-refractivity contribution in [3.05, 3.63) is 42.5 Å². The van der Waals surface area contributed by atoms with Crippen LogP contribution in [0.3, 0.4) is 0 Å². The molecule has 1 aliphatic heterocycles. The number of hydrogen-bond acceptors (Lipinski definition) is 5. The molecule has 0 atom stereocenters. The number of nitrogens with zero attached hydrogens (tertiary/aromatic N) is 1. The minimum absolute atomic E-state index is 0.00654. The van der Waals surface area contributed by atoms with Crippen molar-refractivity contribution in [1.82, 2.24) is 10.0 Å². The van der Waals surface area contributed by atoms with Gasteiger partial charge in [0.25, 0.3) is 5.91 Å². The summed E-state index contributed by atoms with van der Waals surface area (Å²) in [6.07, 6.45) is 0. The second-order valence-electron chi connectivity index (χ2n) is 5.81. The molecule has 9 nitrogen and oxygen atoms in total. The summed E-state index contributed by atoms with van der Waals surface area (Å²) in [5.41, 5.74) is 1.85. The van der Waals surface area contributed by atoms with Gasteiger partial charge in [0.15, 0.2) is 0 Å². The first kappa shape index (κ1) is 18.5. The molecule has 0 aliphatic carbocycles. The number of nitrogens with one attached hydrogen (secondary N) is 3. The third kappa shape index (κ3) is 3.95. The Morgan fingerprint density at radius 3 is 2.63 bits per heavy atom. The molecule has 3 rings (SSSR count). The summed E-state index contributed by atoms with van der Waals surface area (Å²) in [4.78, 5) is 23.1. The van der Waals surface area contributed by atoms with Crippen molar-refractivity contribution in [2.24, 2.45) is 0 Å². The molecule has 0 bridgehead atoms. The fourth-order valence-corrected chi connectivity index (χ4v) is 3.83. The van der Waals surface area contributed by atoms with E-state index in [0.717, 1.165) is 4.31 Å². The predicted molar refractivity (Wildman–Crippen MR) is 101 cm³/mol. The van der Waals surface area contributed by atoms with Gasteiger partial charge >= 0.3 is 16.2 Å². The molecule has 0 spiro atoms. The molecule has 0 radical (unpaired) electrons. The Bertz CT molecular complexity index is 1010. The zero-order chi connectivity index (χ0) is 19.6. The average molecular weight is 390 g/mol. The quantitative estimate of drug-likeness (QED) is 0.627. The van der Waals surface area contributed by atoms with E-state index in [4.69, 9.17) is 0 Å². The first-order valence-electron chi connectivity index (χ1n) is 8.12. The summed E-state index contributed by atoms with van der Waals surface area (Å²) in [5, 5.41) is 15.4. The lowest BCUT2D eigenvalue weighted by molar-refractivity contribution is -0.117. The standard InChI is InChI=1S/C17H18N4O5S/c1-2-18-17(24)19-13-5-3-4-11(8-13)12-6-7-15(22)14(9-12)21-10-16(23)20-27(21,25)26/h3-9,22H,2,10H2,1H3,(H,20,23)(H2,18,19,24). The molecule has 1 saturated heterocycles. The molecule has 1 fully saturated rings. The number of carbonyl (C=O) groups is 2. The topological polar surface area (TPSA) is 128 Å². The Hall–Kier alpha value is -3.27. The Kier molecular flexibility index (Phi) is 4.91. The van der Waals surface area contributed by atoms with Crippen LogP contribution in [0.4, 0.5) is 16.2 Å². The Balaban J connectivity index is 1.95. The van der Waals surface area contributed by atoms with Crippen LogP contribution in [-0.4, -0.2) is 38.6 Å². The first-order chi connectivity index (χ1) is 12.8. The maximum Gasteiger partial charge on any atom is 0.326 e. The maximum atomic E-state index is 12.0. The molecule has 2 aromatic rings. The lowest BCUT2D eigenvalue weighted by atomic mass is 10.0. The van der Waals surface area contributed by atoms with Crippen LogP contribution < -0.4 is 19.7 Å². The Morgan fingerprint density at radius 1 is 1.22 bits per heavy atom. The molecule has 1 heterocycles. The lowest BCUT2D eigenvalue weighted by Gasteiger charge is -2.17. The van der Waals surface area contributed by atoms with Gasteiger partial charge in [-0.1, -0.05) is 18.2 Å². The van der Waals surface area contributed by atoms with Gasteiger partial charge in [0, 0.05) is 12.2 Å². The largest absolute Gasteiger partial charge is 0.506 e. The summed E-state index contributed by atoms with van der Waals surface area (Å²) in [6, 6.07) is 11.0. The van der Waals surface area contributed by atoms with Gasteiger partial charge in [-0.3, -0.25) is 4.79 Å². The summed E-state index contributed by atoms with van der Waals surface area (Å²) >= 11 is 0. The van der Waals surface area contributed by atoms with Crippen LogP contribution in [0.1, 0.15) is 6.92 Å². The van der Waals surface area contributed by atoms with Crippen LogP contribution in [0, 0.1) is 0 Å². The van der Waals surface area contributed by atoms with Crippen molar-refractivity contribution in [1.29, 1.82) is 0 Å². The third-order valence-corrected chi connectivity index (χ3v) is 5.25. The van der Waals surface area contributed by atoms with E-state index in [1.54, 1.807) is 37.3 Å². The maximum absolute atomic E-state index is 12.0. The fraction of sp³-hybridized carbons (Fsp3) is 0.176. The highest BCUT2D eigenvalue weighted by Gasteiger charge is 2.35. The van der Waals surface area contributed by atoms with E-state index in [1.165, 1.54) is 12.1 Å². The highest BCUT2D eigenvalue weighted by Crippen LogP contribution is 2.35. The van der Waals surface area contributed by atoms with Gasteiger partial charge in [-0.25, -0.2) is 13.8 Å². The summed E-state index contributed by atoms with van der Waals surface area (Å²) in [5.74, 6) is -0.941. The van der Waals surface area contributed by atoms with Gasteiger partial charge in [0.1, 0.15) is 12.3 Å². The number of benzene rings is 2. The van der Waals surface area contributed by atoms with Crippen molar-refractivity contribution >= 4 is 33.5 Å². The van der Waals surface area contributed by atoms with Gasteiger partial charge in [0.05, 0.1) is 5.69 Å². The molecule has 4 N–H and O–H groups in total. The molecule has 10 heteroatoms. The van der Waals surface area contributed by atoms with Crippen LogP contribution in [0.5, 0.6) is 5.75 Å². The summed E-state index contributed by atoms with van der Waals surface area (Å²) in [6.45, 7) is 1.89. The SMILES string of the molecule is CCNC(=O)Nc1cccc(-c2ccc(O)c(N3CC(=O)NS3(=O)=O)c2)c1. The number of amides is 3. The molecule has 142 valence electrons. The number of phenolic OH excluding ortho intramolecular Hbond substituents is 1. The monoisotopic (exact) mass is 390 g/mol. The summed E-state index contributed by atoms with van der Waals surface area (Å²) in [7, 11) is -4.03. The number of rotatable bonds is 4. The van der Waals surface area contributed by atoms with Gasteiger partial charge in [-0.2, -0.15) is 8.42 Å². The summed E-state index contributed by atoms with van der Waals surface area (Å²) < 4.78 is 26.8. The Labute approximate surface area is 156 Å². The second-order valence-corrected chi connectivity index (χ2v) is 7.40. The molecule has 0 aromatic heterocycles. The Morgan fingerprint density at radius 2 is 1.96 bits per heavy atom. The zero-order valence-electron chi connectivity index (χ0n) is 14.4. The van der Waals surface area contributed by atoms with Crippen LogP contribution >= 0.6 is 0 Å². The van der Waals surface area contributed by atoms with Gasteiger partial charge in [-0.05, 0) is 42.3 Å². The van der Waals surface area contributed by atoms with Crippen LogP contribution in [-0.2, 0) is 15.0 Å². The molecule has 27 heavy (non-hydrogen) atoms. The highest BCUT2D eigenvalue weighted by atomic mass is 32.2. The predicted octanol–water partition coefficient (Wildman–Crippen LogP) is 1.38. The molecule has 0 unspecified atom stereocenters. The number of urea groups is 1. The van der Waals surface area contributed by atoms with Gasteiger partial charge in [-0.15, -0.1) is 0 Å². The fourth-order valence-electron chi connectivity index (χ4n) is 2.68. The van der Waals surface area contributed by atoms with Crippen molar-refractivity contribution in [3.63, 3.8) is 0 Å². The van der Waals surface area contributed by atoms with E-state index in [2.05, 4.69) is 10.6 Å². The van der Waals surface area contributed by atoms with E-state index >= 15 is 0 Å². The highest BCUT2D eigenvalue weighted by molar-refractivity contribution is 7.92. The van der Waals surface area contributed by atoms with Crippen molar-refractivity contribution in [2.45, 2.75) is 6.92 Å². The molecular weight excluding hydrogens is 372 g/mol. The van der Waals surface area contributed by atoms with E-state index in [9.17, 15) is 23.1 Å². The molecule has 2 aromatic carbocycles. The minimum Gasteiger partial charge on any atom is -0.506 e. The second kappa shape index (κ2) is 7.16. The normalized spacial score (nSPS) is 15.3. The average Bonchev–Trinajstić information content (AvgIpc) is 2.88. The van der Waals surface area contributed by atoms with Gasteiger partial charge in [0.2, 0.25) is 0 Å². The number of carbonyl (C=O) groups excluding carboxylic acids is 2. The van der Waals surface area contributed by atoms with Gasteiger partial charge < -0.3 is 15.7 Å². The molecule has 0 saturated carbocycles. The van der Waals surface area contributed by atoms with Crippen molar-refractivity contribution in [3.8, 4) is 16.9 Å². The number of anilines is 2.